The Labute approximate surface area is 92.9 Å². The van der Waals surface area contributed by atoms with E-state index in [0.717, 1.165) is 0 Å². The minimum absolute atomic E-state index is 0.159. The van der Waals surface area contributed by atoms with Crippen molar-refractivity contribution in [3.05, 3.63) is 17.2 Å². The fraction of sp³-hybridized carbons (Fsp3) is 0.273. The number of ether oxygens (including phenoxy) is 3. The van der Waals surface area contributed by atoms with E-state index in [1.165, 1.54) is 27.4 Å². The summed E-state index contributed by atoms with van der Waals surface area (Å²) in [4.78, 5) is 21.8. The number of hydrogen-bond acceptors (Lipinski definition) is 5. The van der Waals surface area contributed by atoms with Gasteiger partial charge in [-0.05, 0) is 6.07 Å². The quantitative estimate of drug-likeness (QED) is 0.706. The molecule has 0 unspecified atom stereocenters. The van der Waals surface area contributed by atoms with Gasteiger partial charge in [-0.15, -0.1) is 0 Å². The number of benzene rings is 1. The molecule has 0 radical (unpaired) electrons. The minimum Gasteiger partial charge on any atom is -0.495 e. The molecule has 0 saturated carbocycles. The lowest BCUT2D eigenvalue weighted by atomic mass is 10.1. The first-order chi connectivity index (χ1) is 7.73. The molecule has 0 aliphatic carbocycles. The predicted octanol–water partition coefficient (Wildman–Crippen LogP) is 1.34. The molecular formula is C11H12O5. The van der Waals surface area contributed by atoms with Crippen LogP contribution in [0.2, 0.25) is 0 Å². The molecule has 0 fully saturated rings. The van der Waals surface area contributed by atoms with Gasteiger partial charge in [-0.25, -0.2) is 0 Å². The summed E-state index contributed by atoms with van der Waals surface area (Å²) >= 11 is 0. The van der Waals surface area contributed by atoms with E-state index in [-0.39, 0.29) is 22.6 Å². The monoisotopic (exact) mass is 224 g/mol. The van der Waals surface area contributed by atoms with Crippen LogP contribution in [0.25, 0.3) is 0 Å². The molecular weight excluding hydrogens is 212 g/mol. The fourth-order valence-corrected chi connectivity index (χ4v) is 1.45. The van der Waals surface area contributed by atoms with Gasteiger partial charge in [0.05, 0.1) is 26.9 Å². The van der Waals surface area contributed by atoms with Crippen LogP contribution in [0, 0.1) is 0 Å². The molecule has 86 valence electrons. The normalized spacial score (nSPS) is 9.44. The summed E-state index contributed by atoms with van der Waals surface area (Å²) in [6.07, 6.45) is 1.15. The number of carbonyl (C=O) groups is 2. The van der Waals surface area contributed by atoms with E-state index in [9.17, 15) is 9.59 Å². The van der Waals surface area contributed by atoms with Crippen LogP contribution in [0.4, 0.5) is 0 Å². The van der Waals surface area contributed by atoms with Crippen LogP contribution < -0.4 is 14.2 Å². The first kappa shape index (κ1) is 12.0. The Morgan fingerprint density at radius 1 is 0.938 bits per heavy atom. The summed E-state index contributed by atoms with van der Waals surface area (Å²) in [7, 11) is 4.21. The van der Waals surface area contributed by atoms with Gasteiger partial charge in [-0.2, -0.15) is 0 Å². The van der Waals surface area contributed by atoms with Crippen molar-refractivity contribution < 1.29 is 23.8 Å². The van der Waals surface area contributed by atoms with E-state index < -0.39 is 0 Å². The molecule has 0 aliphatic rings. The number of carbonyl (C=O) groups excluding carboxylic acids is 2. The smallest absolute Gasteiger partial charge is 0.175 e. The third-order valence-corrected chi connectivity index (χ3v) is 2.13. The molecule has 5 nitrogen and oxygen atoms in total. The lowest BCUT2D eigenvalue weighted by molar-refractivity contribution is 0.111. The molecule has 0 amide bonds. The van der Waals surface area contributed by atoms with E-state index in [1.54, 1.807) is 0 Å². The highest BCUT2D eigenvalue weighted by Crippen LogP contribution is 2.38. The summed E-state index contributed by atoms with van der Waals surface area (Å²) in [5.41, 5.74) is 0.397. The van der Waals surface area contributed by atoms with Crippen molar-refractivity contribution in [2.24, 2.45) is 0 Å². The van der Waals surface area contributed by atoms with E-state index in [1.807, 2.05) is 0 Å². The molecule has 0 N–H and O–H groups in total. The van der Waals surface area contributed by atoms with Crippen molar-refractivity contribution in [1.29, 1.82) is 0 Å². The lowest BCUT2D eigenvalue weighted by Crippen LogP contribution is -2.02. The van der Waals surface area contributed by atoms with Crippen molar-refractivity contribution in [1.82, 2.24) is 0 Å². The molecule has 16 heavy (non-hydrogen) atoms. The summed E-state index contributed by atoms with van der Waals surface area (Å²) in [6, 6.07) is 1.46. The topological polar surface area (TPSA) is 61.8 Å². The van der Waals surface area contributed by atoms with Gasteiger partial charge in [-0.1, -0.05) is 0 Å². The average molecular weight is 224 g/mol. The molecule has 0 saturated heterocycles. The molecule has 1 aromatic carbocycles. The summed E-state index contributed by atoms with van der Waals surface area (Å²) in [5.74, 6) is 0.745. The zero-order chi connectivity index (χ0) is 12.1. The standard InChI is InChI=1S/C11H12O5/c1-14-9-4-7(5-12)10(15-2)8(6-13)11(9)16-3/h4-6H,1-3H3. The van der Waals surface area contributed by atoms with E-state index in [0.29, 0.717) is 18.3 Å². The number of hydrogen-bond donors (Lipinski definition) is 0. The van der Waals surface area contributed by atoms with Crippen molar-refractivity contribution in [3.8, 4) is 17.2 Å². The average Bonchev–Trinajstić information content (AvgIpc) is 2.35. The summed E-state index contributed by atoms with van der Waals surface area (Å²) in [6.45, 7) is 0. The Morgan fingerprint density at radius 2 is 1.56 bits per heavy atom. The number of methoxy groups -OCH3 is 3. The fourth-order valence-electron chi connectivity index (χ4n) is 1.45. The highest BCUT2D eigenvalue weighted by molar-refractivity contribution is 5.93. The van der Waals surface area contributed by atoms with E-state index in [4.69, 9.17) is 14.2 Å². The SMILES string of the molecule is COc1cc(C=O)c(OC)c(C=O)c1OC. The molecule has 0 heterocycles. The Morgan fingerprint density at radius 3 is 1.94 bits per heavy atom. The van der Waals surface area contributed by atoms with Crippen LogP contribution >= 0.6 is 0 Å². The largest absolute Gasteiger partial charge is 0.495 e. The van der Waals surface area contributed by atoms with Gasteiger partial charge >= 0.3 is 0 Å². The molecule has 1 rings (SSSR count). The Hall–Kier alpha value is -2.04. The van der Waals surface area contributed by atoms with Crippen molar-refractivity contribution >= 4 is 12.6 Å². The van der Waals surface area contributed by atoms with Crippen molar-refractivity contribution in [2.45, 2.75) is 0 Å². The molecule has 0 aromatic heterocycles. The summed E-state index contributed by atoms with van der Waals surface area (Å²) < 4.78 is 15.1. The zero-order valence-electron chi connectivity index (χ0n) is 9.27. The Bertz CT molecular complexity index is 411. The summed E-state index contributed by atoms with van der Waals surface area (Å²) in [5, 5.41) is 0. The maximum Gasteiger partial charge on any atom is 0.175 e. The third kappa shape index (κ3) is 1.84. The first-order valence-corrected chi connectivity index (χ1v) is 4.46. The van der Waals surface area contributed by atoms with E-state index in [2.05, 4.69) is 0 Å². The van der Waals surface area contributed by atoms with Gasteiger partial charge < -0.3 is 14.2 Å². The van der Waals surface area contributed by atoms with Crippen LogP contribution in [0.15, 0.2) is 6.07 Å². The van der Waals surface area contributed by atoms with Gasteiger partial charge in [-0.3, -0.25) is 9.59 Å². The molecule has 5 heteroatoms. The highest BCUT2D eigenvalue weighted by atomic mass is 16.5. The molecule has 1 aromatic rings. The van der Waals surface area contributed by atoms with Gasteiger partial charge in [0.15, 0.2) is 24.1 Å². The van der Waals surface area contributed by atoms with Crippen LogP contribution in [0.3, 0.4) is 0 Å². The Kier molecular flexibility index (Phi) is 3.88. The lowest BCUT2D eigenvalue weighted by Gasteiger charge is -2.14. The molecule has 0 bridgehead atoms. The van der Waals surface area contributed by atoms with Gasteiger partial charge in [0.25, 0.3) is 0 Å². The second-order valence-electron chi connectivity index (χ2n) is 2.88. The maximum absolute atomic E-state index is 11.0. The third-order valence-electron chi connectivity index (χ3n) is 2.13. The van der Waals surface area contributed by atoms with Crippen LogP contribution in [-0.4, -0.2) is 33.9 Å². The molecule has 0 aliphatic heterocycles. The van der Waals surface area contributed by atoms with Gasteiger partial charge in [0, 0.05) is 0 Å². The zero-order valence-corrected chi connectivity index (χ0v) is 9.27. The Balaban J connectivity index is 3.60. The first-order valence-electron chi connectivity index (χ1n) is 4.46. The van der Waals surface area contributed by atoms with Crippen molar-refractivity contribution in [2.75, 3.05) is 21.3 Å². The number of aldehydes is 2. The van der Waals surface area contributed by atoms with Crippen LogP contribution in [0.5, 0.6) is 17.2 Å². The van der Waals surface area contributed by atoms with Crippen LogP contribution in [0.1, 0.15) is 20.7 Å². The molecule has 0 spiro atoms. The number of rotatable bonds is 5. The highest BCUT2D eigenvalue weighted by Gasteiger charge is 2.19. The second-order valence-corrected chi connectivity index (χ2v) is 2.88. The van der Waals surface area contributed by atoms with Crippen LogP contribution in [-0.2, 0) is 0 Å². The molecule has 0 atom stereocenters. The van der Waals surface area contributed by atoms with Gasteiger partial charge in [0.1, 0.15) is 11.3 Å². The maximum atomic E-state index is 11.0. The predicted molar refractivity (Wildman–Crippen MR) is 56.9 cm³/mol. The van der Waals surface area contributed by atoms with Gasteiger partial charge in [0.2, 0.25) is 0 Å². The minimum atomic E-state index is 0.159. The van der Waals surface area contributed by atoms with Crippen molar-refractivity contribution in [3.63, 3.8) is 0 Å². The van der Waals surface area contributed by atoms with E-state index >= 15 is 0 Å². The second kappa shape index (κ2) is 5.16.